The minimum atomic E-state index is -1.72. The Hall–Kier alpha value is -2.57. The Morgan fingerprint density at radius 2 is 0.849 bits per heavy atom. The molecule has 11 unspecified atom stereocenters. The van der Waals surface area contributed by atoms with E-state index in [2.05, 4.69) is 86.8 Å². The van der Waals surface area contributed by atoms with E-state index in [4.69, 9.17) is 28.4 Å². The summed E-state index contributed by atoms with van der Waals surface area (Å²) in [5.41, 5.74) is 0. The Balaban J connectivity index is 1.75. The van der Waals surface area contributed by atoms with Gasteiger partial charge in [0.25, 0.3) is 0 Å². The van der Waals surface area contributed by atoms with Crippen molar-refractivity contribution in [3.63, 3.8) is 0 Å². The van der Waals surface area contributed by atoms with Crippen molar-refractivity contribution in [1.29, 1.82) is 0 Å². The van der Waals surface area contributed by atoms with Gasteiger partial charge in [0.15, 0.2) is 12.6 Å². The van der Waals surface area contributed by atoms with Crippen LogP contribution in [0.2, 0.25) is 0 Å². The molecule has 0 amide bonds. The molecule has 2 rings (SSSR count). The number of hydrogen-bond donors (Lipinski definition) is 7. The van der Waals surface area contributed by atoms with E-state index in [1.807, 2.05) is 0 Å². The highest BCUT2D eigenvalue weighted by Crippen LogP contribution is 2.26. The second-order valence-corrected chi connectivity index (χ2v) is 19.8. The summed E-state index contributed by atoms with van der Waals surface area (Å²) in [6.45, 7) is 3.59. The quantitative estimate of drug-likeness (QED) is 0.0172. The lowest BCUT2D eigenvalue weighted by Crippen LogP contribution is -2.61. The first-order valence-corrected chi connectivity index (χ1v) is 28.5. The van der Waals surface area contributed by atoms with Gasteiger partial charge >= 0.3 is 5.97 Å². The van der Waals surface area contributed by atoms with Crippen molar-refractivity contribution in [2.45, 2.75) is 261 Å². The first-order valence-electron chi connectivity index (χ1n) is 28.5. The second kappa shape index (κ2) is 45.6. The summed E-state index contributed by atoms with van der Waals surface area (Å²) in [6.07, 6.45) is 40.9. The molecule has 7 N–H and O–H groups in total. The number of carbonyl (C=O) groups excluding carboxylic acids is 1. The maximum atomic E-state index is 13.1. The van der Waals surface area contributed by atoms with Crippen LogP contribution in [0.4, 0.5) is 0 Å². The molecule has 14 nitrogen and oxygen atoms in total. The molecule has 2 saturated heterocycles. The normalized spacial score (nSPS) is 25.5. The Labute approximate surface area is 440 Å². The lowest BCUT2D eigenvalue weighted by Gasteiger charge is -2.42. The number of ether oxygens (including phenoxy) is 6. The summed E-state index contributed by atoms with van der Waals surface area (Å²) in [4.78, 5) is 13.1. The van der Waals surface area contributed by atoms with Crippen LogP contribution in [0.3, 0.4) is 0 Å². The Morgan fingerprint density at radius 1 is 0.452 bits per heavy atom. The fraction of sp³-hybridized carbons (Fsp3) is 0.780. The molecule has 2 aliphatic rings. The molecule has 2 fully saturated rings. The van der Waals surface area contributed by atoms with Crippen molar-refractivity contribution < 1.29 is 69.0 Å². The molecule has 11 atom stereocenters. The van der Waals surface area contributed by atoms with Crippen molar-refractivity contribution in [2.75, 3.05) is 33.0 Å². The van der Waals surface area contributed by atoms with Gasteiger partial charge in [-0.2, -0.15) is 0 Å². The molecule has 73 heavy (non-hydrogen) atoms. The summed E-state index contributed by atoms with van der Waals surface area (Å²) in [7, 11) is 0. The van der Waals surface area contributed by atoms with Crippen LogP contribution in [-0.4, -0.2) is 142 Å². The van der Waals surface area contributed by atoms with Crippen molar-refractivity contribution in [3.8, 4) is 0 Å². The molecule has 0 bridgehead atoms. The molecular weight excluding hydrogens is 933 g/mol. The minimum absolute atomic E-state index is 0.0458. The number of esters is 1. The Morgan fingerprint density at radius 3 is 1.33 bits per heavy atom. The Bertz CT molecular complexity index is 1480. The van der Waals surface area contributed by atoms with E-state index in [-0.39, 0.29) is 19.6 Å². The summed E-state index contributed by atoms with van der Waals surface area (Å²) >= 11 is 0. The molecular formula is C59H102O14. The van der Waals surface area contributed by atoms with Gasteiger partial charge in [-0.05, 0) is 89.9 Å². The predicted molar refractivity (Wildman–Crippen MR) is 289 cm³/mol. The highest BCUT2D eigenvalue weighted by Gasteiger charge is 2.47. The third-order valence-corrected chi connectivity index (χ3v) is 13.2. The number of aliphatic hydroxyl groups excluding tert-OH is 7. The summed E-state index contributed by atoms with van der Waals surface area (Å²) in [5, 5.41) is 72.3. The maximum Gasteiger partial charge on any atom is 0.306 e. The Kier molecular flexibility index (Phi) is 41.6. The number of aliphatic hydroxyl groups is 7. The SMILES string of the molecule is CCCCC/C=C\C/C=C\C/C=C\CCCCCCCCCOCC(COC1OC(COC2OC(CO)C(O)C(O)C2O)C(O)C(O)C1O)OC(=O)CCCCCCCC/C=C\C/C=C\C/C=C\CCCCC. The topological polar surface area (TPSA) is 214 Å². The molecule has 0 radical (unpaired) electrons. The van der Waals surface area contributed by atoms with E-state index in [1.54, 1.807) is 0 Å². The predicted octanol–water partition coefficient (Wildman–Crippen LogP) is 9.86. The van der Waals surface area contributed by atoms with E-state index in [0.717, 1.165) is 89.9 Å². The number of unbranched alkanes of at least 4 members (excludes halogenated alkanes) is 19. The van der Waals surface area contributed by atoms with Gasteiger partial charge in [0.2, 0.25) is 0 Å². The van der Waals surface area contributed by atoms with E-state index in [0.29, 0.717) is 13.0 Å². The lowest BCUT2D eigenvalue weighted by atomic mass is 9.98. The molecule has 0 aliphatic carbocycles. The van der Waals surface area contributed by atoms with Gasteiger partial charge in [-0.1, -0.05) is 170 Å². The molecule has 14 heteroatoms. The summed E-state index contributed by atoms with van der Waals surface area (Å²) < 4.78 is 34.4. The number of hydrogen-bond acceptors (Lipinski definition) is 14. The van der Waals surface area contributed by atoms with Crippen LogP contribution in [0.15, 0.2) is 72.9 Å². The van der Waals surface area contributed by atoms with Gasteiger partial charge in [0, 0.05) is 13.0 Å². The van der Waals surface area contributed by atoms with Gasteiger partial charge < -0.3 is 64.2 Å². The largest absolute Gasteiger partial charge is 0.457 e. The zero-order valence-electron chi connectivity index (χ0n) is 45.1. The molecule has 2 heterocycles. The average molecular weight is 1040 g/mol. The van der Waals surface area contributed by atoms with Gasteiger partial charge in [-0.15, -0.1) is 0 Å². The van der Waals surface area contributed by atoms with Crippen LogP contribution in [-0.2, 0) is 33.2 Å². The van der Waals surface area contributed by atoms with E-state index in [9.17, 15) is 40.5 Å². The van der Waals surface area contributed by atoms with E-state index >= 15 is 0 Å². The van der Waals surface area contributed by atoms with Crippen molar-refractivity contribution in [2.24, 2.45) is 0 Å². The standard InChI is InChI=1S/C59H102O14/c1-3-5-7-9-11-13-15-17-19-21-23-25-27-29-31-33-35-37-39-41-43-68-45-48(71-51(61)42-40-38-36-34-32-30-28-26-24-22-20-18-16-14-12-10-8-6-4-2)46-69-58-57(67)55(65)53(63)50(73-58)47-70-59-56(66)54(64)52(62)49(44-60)72-59/h11-14,17-20,23-26,48-50,52-60,62-67H,3-10,15-16,21-22,27-47H2,1-2H3/b13-11-,14-12-,19-17-,20-18-,25-23-,26-24-. The molecule has 0 aromatic heterocycles. The zero-order valence-corrected chi connectivity index (χ0v) is 45.1. The first-order chi connectivity index (χ1) is 35.6. The fourth-order valence-corrected chi connectivity index (χ4v) is 8.53. The van der Waals surface area contributed by atoms with Crippen molar-refractivity contribution in [1.82, 2.24) is 0 Å². The monoisotopic (exact) mass is 1030 g/mol. The number of rotatable bonds is 45. The third kappa shape index (κ3) is 32.6. The molecule has 0 aromatic rings. The zero-order chi connectivity index (χ0) is 53.0. The summed E-state index contributed by atoms with van der Waals surface area (Å²) in [6, 6.07) is 0. The molecule has 422 valence electrons. The van der Waals surface area contributed by atoms with Crippen LogP contribution in [0.1, 0.15) is 194 Å². The highest BCUT2D eigenvalue weighted by atomic mass is 16.7. The van der Waals surface area contributed by atoms with Gasteiger partial charge in [0.05, 0.1) is 26.4 Å². The van der Waals surface area contributed by atoms with Gasteiger partial charge in [0.1, 0.15) is 54.9 Å². The molecule has 0 aromatic carbocycles. The smallest absolute Gasteiger partial charge is 0.306 e. The highest BCUT2D eigenvalue weighted by molar-refractivity contribution is 5.69. The number of carbonyl (C=O) groups is 1. The van der Waals surface area contributed by atoms with Crippen LogP contribution < -0.4 is 0 Å². The van der Waals surface area contributed by atoms with Crippen molar-refractivity contribution >= 4 is 5.97 Å². The van der Waals surface area contributed by atoms with Crippen LogP contribution in [0.25, 0.3) is 0 Å². The van der Waals surface area contributed by atoms with Crippen LogP contribution in [0, 0.1) is 0 Å². The fourth-order valence-electron chi connectivity index (χ4n) is 8.53. The van der Waals surface area contributed by atoms with Crippen LogP contribution in [0.5, 0.6) is 0 Å². The minimum Gasteiger partial charge on any atom is -0.457 e. The van der Waals surface area contributed by atoms with Gasteiger partial charge in [-0.3, -0.25) is 4.79 Å². The second-order valence-electron chi connectivity index (χ2n) is 19.8. The van der Waals surface area contributed by atoms with E-state index < -0.39 is 86.7 Å². The van der Waals surface area contributed by atoms with Crippen molar-refractivity contribution in [3.05, 3.63) is 72.9 Å². The first kappa shape index (κ1) is 66.5. The van der Waals surface area contributed by atoms with E-state index in [1.165, 1.54) is 77.0 Å². The average Bonchev–Trinajstić information content (AvgIpc) is 3.39. The summed E-state index contributed by atoms with van der Waals surface area (Å²) in [5.74, 6) is -0.394. The molecule has 0 spiro atoms. The lowest BCUT2D eigenvalue weighted by molar-refractivity contribution is -0.332. The molecule has 2 aliphatic heterocycles. The third-order valence-electron chi connectivity index (χ3n) is 13.2. The van der Waals surface area contributed by atoms with Gasteiger partial charge in [-0.25, -0.2) is 0 Å². The van der Waals surface area contributed by atoms with Crippen LogP contribution >= 0.6 is 0 Å². The maximum absolute atomic E-state index is 13.1. The molecule has 0 saturated carbocycles. The number of allylic oxidation sites excluding steroid dienone is 12.